The smallest absolute Gasteiger partial charge is 0.0201 e. The summed E-state index contributed by atoms with van der Waals surface area (Å²) in [5.74, 6) is 0. The van der Waals surface area contributed by atoms with Crippen molar-refractivity contribution in [1.29, 1.82) is 0 Å². The van der Waals surface area contributed by atoms with Gasteiger partial charge in [0.2, 0.25) is 0 Å². The first-order valence-corrected chi connectivity index (χ1v) is 4.53. The number of halogens is 1. The summed E-state index contributed by atoms with van der Waals surface area (Å²) in [7, 11) is 0. The van der Waals surface area contributed by atoms with E-state index in [2.05, 4.69) is 29.1 Å². The standard InChI is InChI=1S/C8H11Br.C2H6/c1-5-8(9)7(4)6(2)3;1-2/h5H,1-2H2,3-4H3;1-2H3/b8-7+;. The molecule has 0 rings (SSSR count). The maximum atomic E-state index is 3.79. The molecule has 0 spiro atoms. The highest BCUT2D eigenvalue weighted by Gasteiger charge is 1.92. The van der Waals surface area contributed by atoms with Crippen molar-refractivity contribution in [3.8, 4) is 0 Å². The minimum absolute atomic E-state index is 1.02. The van der Waals surface area contributed by atoms with Gasteiger partial charge in [-0.25, -0.2) is 0 Å². The third kappa shape index (κ3) is 6.11. The molecule has 0 nitrogen and oxygen atoms in total. The van der Waals surface area contributed by atoms with Gasteiger partial charge in [-0.15, -0.1) is 0 Å². The predicted octanol–water partition coefficient (Wildman–Crippen LogP) is 4.44. The first-order chi connectivity index (χ1) is 5.09. The van der Waals surface area contributed by atoms with Crippen molar-refractivity contribution in [1.82, 2.24) is 0 Å². The molecule has 0 aliphatic heterocycles. The Labute approximate surface area is 78.8 Å². The summed E-state index contributed by atoms with van der Waals surface area (Å²) in [4.78, 5) is 0. The molecule has 0 amide bonds. The summed E-state index contributed by atoms with van der Waals surface area (Å²) in [5, 5.41) is 0. The Bertz CT molecular complexity index is 164. The van der Waals surface area contributed by atoms with Gasteiger partial charge in [0.25, 0.3) is 0 Å². The molecule has 0 atom stereocenters. The summed E-state index contributed by atoms with van der Waals surface area (Å²) in [6.45, 7) is 15.4. The lowest BCUT2D eigenvalue weighted by molar-refractivity contribution is 1.36. The highest BCUT2D eigenvalue weighted by atomic mass is 79.9. The van der Waals surface area contributed by atoms with Crippen LogP contribution >= 0.6 is 15.9 Å². The molecule has 0 aliphatic carbocycles. The van der Waals surface area contributed by atoms with E-state index in [1.54, 1.807) is 6.08 Å². The van der Waals surface area contributed by atoms with Crippen molar-refractivity contribution in [2.45, 2.75) is 27.7 Å². The van der Waals surface area contributed by atoms with Gasteiger partial charge in [-0.3, -0.25) is 0 Å². The van der Waals surface area contributed by atoms with Crippen LogP contribution in [0.2, 0.25) is 0 Å². The SMILES string of the molecule is C=C/C(Br)=C(/C)C(=C)C.CC. The van der Waals surface area contributed by atoms with Crippen LogP contribution in [0.15, 0.2) is 34.9 Å². The summed E-state index contributed by atoms with van der Waals surface area (Å²) in [5.41, 5.74) is 2.23. The largest absolute Gasteiger partial charge is 0.0979 e. The topological polar surface area (TPSA) is 0 Å². The maximum Gasteiger partial charge on any atom is 0.0201 e. The molecule has 0 aliphatic rings. The van der Waals surface area contributed by atoms with E-state index >= 15 is 0 Å². The molecule has 0 radical (unpaired) electrons. The second kappa shape index (κ2) is 7.80. The van der Waals surface area contributed by atoms with Gasteiger partial charge in [-0.1, -0.05) is 54.6 Å². The zero-order chi connectivity index (χ0) is 9.44. The first-order valence-electron chi connectivity index (χ1n) is 3.74. The van der Waals surface area contributed by atoms with Gasteiger partial charge < -0.3 is 0 Å². The molecule has 0 aromatic heterocycles. The molecule has 0 unspecified atom stereocenters. The lowest BCUT2D eigenvalue weighted by atomic mass is 10.1. The van der Waals surface area contributed by atoms with Crippen LogP contribution in [-0.4, -0.2) is 0 Å². The molecule has 0 aromatic rings. The van der Waals surface area contributed by atoms with Gasteiger partial charge in [-0.05, 0) is 19.4 Å². The van der Waals surface area contributed by atoms with Gasteiger partial charge in [-0.2, -0.15) is 0 Å². The second-order valence-electron chi connectivity index (χ2n) is 1.96. The van der Waals surface area contributed by atoms with Crippen molar-refractivity contribution in [2.24, 2.45) is 0 Å². The zero-order valence-electron chi connectivity index (χ0n) is 7.87. The average molecular weight is 217 g/mol. The van der Waals surface area contributed by atoms with Crippen molar-refractivity contribution >= 4 is 15.9 Å². The van der Waals surface area contributed by atoms with Gasteiger partial charge in [0.15, 0.2) is 0 Å². The predicted molar refractivity (Wildman–Crippen MR) is 58.0 cm³/mol. The van der Waals surface area contributed by atoms with Crippen molar-refractivity contribution in [3.63, 3.8) is 0 Å². The summed E-state index contributed by atoms with van der Waals surface area (Å²) in [6.07, 6.45) is 1.77. The van der Waals surface area contributed by atoms with E-state index in [0.29, 0.717) is 0 Å². The number of hydrogen-bond donors (Lipinski definition) is 0. The number of rotatable bonds is 2. The van der Waals surface area contributed by atoms with Crippen molar-refractivity contribution < 1.29 is 0 Å². The first kappa shape index (κ1) is 13.3. The molecule has 1 heteroatoms. The van der Waals surface area contributed by atoms with Crippen molar-refractivity contribution in [2.75, 3.05) is 0 Å². The maximum absolute atomic E-state index is 3.79. The zero-order valence-corrected chi connectivity index (χ0v) is 9.46. The molecule has 64 valence electrons. The normalized spacial score (nSPS) is 10.6. The van der Waals surface area contributed by atoms with E-state index in [9.17, 15) is 0 Å². The van der Waals surface area contributed by atoms with Crippen LogP contribution in [0.25, 0.3) is 0 Å². The monoisotopic (exact) mass is 216 g/mol. The molecule has 11 heavy (non-hydrogen) atoms. The van der Waals surface area contributed by atoms with E-state index in [-0.39, 0.29) is 0 Å². The van der Waals surface area contributed by atoms with E-state index in [0.717, 1.165) is 15.6 Å². The quantitative estimate of drug-likeness (QED) is 0.599. The fourth-order valence-corrected chi connectivity index (χ4v) is 0.695. The number of allylic oxidation sites excluding steroid dienone is 4. The summed E-state index contributed by atoms with van der Waals surface area (Å²) < 4.78 is 1.02. The van der Waals surface area contributed by atoms with Gasteiger partial charge >= 0.3 is 0 Å². The van der Waals surface area contributed by atoms with Gasteiger partial charge in [0.1, 0.15) is 0 Å². The highest BCUT2D eigenvalue weighted by molar-refractivity contribution is 9.11. The Morgan fingerprint density at radius 2 is 1.64 bits per heavy atom. The van der Waals surface area contributed by atoms with E-state index < -0.39 is 0 Å². The van der Waals surface area contributed by atoms with E-state index in [1.807, 2.05) is 27.7 Å². The Morgan fingerprint density at radius 1 is 1.27 bits per heavy atom. The van der Waals surface area contributed by atoms with Crippen molar-refractivity contribution in [3.05, 3.63) is 34.9 Å². The average Bonchev–Trinajstić information content (AvgIpc) is 2.05. The minimum atomic E-state index is 1.02. The fraction of sp³-hybridized carbons (Fsp3) is 0.400. The molecule has 0 saturated carbocycles. The van der Waals surface area contributed by atoms with Crippen LogP contribution in [0.3, 0.4) is 0 Å². The molecule has 0 bridgehead atoms. The second-order valence-corrected chi connectivity index (χ2v) is 2.81. The van der Waals surface area contributed by atoms with Gasteiger partial charge in [0.05, 0.1) is 0 Å². The molecular weight excluding hydrogens is 200 g/mol. The summed E-state index contributed by atoms with van der Waals surface area (Å²) >= 11 is 3.34. The Balaban J connectivity index is 0. The van der Waals surface area contributed by atoms with Crippen LogP contribution in [0.4, 0.5) is 0 Å². The highest BCUT2D eigenvalue weighted by Crippen LogP contribution is 2.17. The van der Waals surface area contributed by atoms with Crippen LogP contribution in [0, 0.1) is 0 Å². The molecule has 0 N–H and O–H groups in total. The Morgan fingerprint density at radius 3 is 1.73 bits per heavy atom. The molecule has 0 fully saturated rings. The lowest BCUT2D eigenvalue weighted by Gasteiger charge is -1.98. The number of hydrogen-bond acceptors (Lipinski definition) is 0. The minimum Gasteiger partial charge on any atom is -0.0979 e. The third-order valence-electron chi connectivity index (χ3n) is 1.18. The van der Waals surface area contributed by atoms with Gasteiger partial charge in [0, 0.05) is 4.48 Å². The molecular formula is C10H17Br. The van der Waals surface area contributed by atoms with Crippen LogP contribution in [0.5, 0.6) is 0 Å². The van der Waals surface area contributed by atoms with Crippen LogP contribution < -0.4 is 0 Å². The lowest BCUT2D eigenvalue weighted by Crippen LogP contribution is -1.77. The molecule has 0 aromatic carbocycles. The summed E-state index contributed by atoms with van der Waals surface area (Å²) in [6, 6.07) is 0. The van der Waals surface area contributed by atoms with E-state index in [4.69, 9.17) is 0 Å². The molecule has 0 heterocycles. The Kier molecular flexibility index (Phi) is 9.44. The fourth-order valence-electron chi connectivity index (χ4n) is 0.357. The molecule has 0 saturated heterocycles. The third-order valence-corrected chi connectivity index (χ3v) is 2.10. The van der Waals surface area contributed by atoms with Crippen LogP contribution in [0.1, 0.15) is 27.7 Å². The van der Waals surface area contributed by atoms with E-state index in [1.165, 1.54) is 0 Å². The Hall–Kier alpha value is -0.300. The van der Waals surface area contributed by atoms with Crippen LogP contribution in [-0.2, 0) is 0 Å².